The number of fused-ring (bicyclic) bond motifs is 2. The molecular formula is C25H20N2O5. The van der Waals surface area contributed by atoms with Gasteiger partial charge in [0.15, 0.2) is 18.2 Å². The lowest BCUT2D eigenvalue weighted by molar-refractivity contribution is -0.119. The minimum absolute atomic E-state index is 0.0250. The Balaban J connectivity index is 1.53. The average Bonchev–Trinajstić information content (AvgIpc) is 2.78. The van der Waals surface area contributed by atoms with Gasteiger partial charge in [-0.05, 0) is 43.2 Å². The quantitative estimate of drug-likeness (QED) is 0.380. The third-order valence-electron chi connectivity index (χ3n) is 5.35. The molecule has 7 nitrogen and oxygen atoms in total. The molecule has 3 aromatic rings. The van der Waals surface area contributed by atoms with Gasteiger partial charge >= 0.3 is 5.97 Å². The number of benzene rings is 3. The maximum absolute atomic E-state index is 12.9. The fraction of sp³-hybridized carbons (Fsp3) is 0.120. The zero-order chi connectivity index (χ0) is 23.0. The molecule has 3 N–H and O–H groups in total. The fourth-order valence-electron chi connectivity index (χ4n) is 3.66. The normalized spacial score (nSPS) is 12.1. The zero-order valence-electron chi connectivity index (χ0n) is 17.5. The number of ketones is 2. The molecule has 0 unspecified atom stereocenters. The van der Waals surface area contributed by atoms with Gasteiger partial charge in [-0.3, -0.25) is 14.4 Å². The number of hydrogen-bond acceptors (Lipinski definition) is 6. The molecule has 0 atom stereocenters. The lowest BCUT2D eigenvalue weighted by Gasteiger charge is -2.20. The summed E-state index contributed by atoms with van der Waals surface area (Å²) in [5.41, 5.74) is 9.00. The van der Waals surface area contributed by atoms with Gasteiger partial charge in [0.1, 0.15) is 0 Å². The number of nitrogens with one attached hydrogen (secondary N) is 1. The van der Waals surface area contributed by atoms with E-state index < -0.39 is 24.3 Å². The van der Waals surface area contributed by atoms with Gasteiger partial charge in [-0.15, -0.1) is 0 Å². The Morgan fingerprint density at radius 3 is 2.31 bits per heavy atom. The van der Waals surface area contributed by atoms with E-state index in [1.165, 1.54) is 12.1 Å². The second kappa shape index (κ2) is 8.11. The van der Waals surface area contributed by atoms with Crippen LogP contribution in [0.4, 0.5) is 11.4 Å². The van der Waals surface area contributed by atoms with Crippen LogP contribution in [0.15, 0.2) is 54.6 Å². The smallest absolute Gasteiger partial charge is 0.340 e. The third-order valence-corrected chi connectivity index (χ3v) is 5.35. The maximum atomic E-state index is 12.9. The Hall–Kier alpha value is -4.26. The number of aryl methyl sites for hydroxylation is 2. The van der Waals surface area contributed by atoms with Gasteiger partial charge in [0.05, 0.1) is 16.8 Å². The van der Waals surface area contributed by atoms with Crippen molar-refractivity contribution in [2.75, 3.05) is 17.7 Å². The fourth-order valence-corrected chi connectivity index (χ4v) is 3.66. The van der Waals surface area contributed by atoms with E-state index in [4.69, 9.17) is 10.5 Å². The Morgan fingerprint density at radius 1 is 0.906 bits per heavy atom. The van der Waals surface area contributed by atoms with Crippen LogP contribution in [0.2, 0.25) is 0 Å². The Bertz CT molecular complexity index is 1310. The van der Waals surface area contributed by atoms with Gasteiger partial charge in [-0.2, -0.15) is 0 Å². The average molecular weight is 428 g/mol. The van der Waals surface area contributed by atoms with Crippen LogP contribution in [0.3, 0.4) is 0 Å². The Morgan fingerprint density at radius 2 is 1.59 bits per heavy atom. The van der Waals surface area contributed by atoms with E-state index >= 15 is 0 Å². The number of hydrogen-bond donors (Lipinski definition) is 2. The van der Waals surface area contributed by atoms with Crippen LogP contribution in [-0.2, 0) is 9.53 Å². The number of carbonyl (C=O) groups is 4. The second-order valence-corrected chi connectivity index (χ2v) is 7.60. The molecule has 4 rings (SSSR count). The summed E-state index contributed by atoms with van der Waals surface area (Å²) in [6, 6.07) is 14.8. The van der Waals surface area contributed by atoms with E-state index in [0.29, 0.717) is 11.3 Å². The molecule has 0 fully saturated rings. The first-order valence-electron chi connectivity index (χ1n) is 9.93. The zero-order valence-corrected chi connectivity index (χ0v) is 17.5. The molecular weight excluding hydrogens is 408 g/mol. The molecule has 0 aromatic heterocycles. The first kappa shape index (κ1) is 21.0. The summed E-state index contributed by atoms with van der Waals surface area (Å²) in [5, 5.41) is 2.70. The first-order chi connectivity index (χ1) is 15.3. The molecule has 0 aliphatic heterocycles. The number of carbonyl (C=O) groups excluding carboxylic acids is 4. The summed E-state index contributed by atoms with van der Waals surface area (Å²) in [6.07, 6.45) is 0. The van der Waals surface area contributed by atoms with Crippen LogP contribution < -0.4 is 11.1 Å². The SMILES string of the molecule is Cc1ccc(C)c(NC(=O)COC(=O)c2ccc3c(c2N)C(=O)c2ccccc2C3=O)c1. The van der Waals surface area contributed by atoms with Crippen molar-refractivity contribution in [2.45, 2.75) is 13.8 Å². The number of anilines is 2. The molecule has 7 heteroatoms. The Labute approximate surface area is 184 Å². The summed E-state index contributed by atoms with van der Waals surface area (Å²) >= 11 is 0. The van der Waals surface area contributed by atoms with Crippen molar-refractivity contribution in [3.63, 3.8) is 0 Å². The molecule has 0 saturated heterocycles. The molecule has 1 aliphatic rings. The largest absolute Gasteiger partial charge is 0.452 e. The van der Waals surface area contributed by atoms with Crippen LogP contribution in [-0.4, -0.2) is 30.0 Å². The molecule has 3 aromatic carbocycles. The number of rotatable bonds is 4. The molecule has 160 valence electrons. The van der Waals surface area contributed by atoms with Crippen molar-refractivity contribution in [1.82, 2.24) is 0 Å². The molecule has 0 saturated carbocycles. The monoisotopic (exact) mass is 428 g/mol. The van der Waals surface area contributed by atoms with Crippen molar-refractivity contribution in [3.05, 3.63) is 93.5 Å². The lowest BCUT2D eigenvalue weighted by Crippen LogP contribution is -2.25. The van der Waals surface area contributed by atoms with E-state index in [-0.39, 0.29) is 33.7 Å². The minimum atomic E-state index is -0.861. The van der Waals surface area contributed by atoms with Crippen molar-refractivity contribution in [1.29, 1.82) is 0 Å². The molecule has 32 heavy (non-hydrogen) atoms. The summed E-state index contributed by atoms with van der Waals surface area (Å²) in [7, 11) is 0. The van der Waals surface area contributed by atoms with Gasteiger partial charge in [0, 0.05) is 22.4 Å². The lowest BCUT2D eigenvalue weighted by atomic mass is 9.82. The van der Waals surface area contributed by atoms with E-state index in [2.05, 4.69) is 5.32 Å². The van der Waals surface area contributed by atoms with Gasteiger partial charge in [0.25, 0.3) is 5.91 Å². The third kappa shape index (κ3) is 3.65. The number of ether oxygens (including phenoxy) is 1. The predicted octanol–water partition coefficient (Wildman–Crippen LogP) is 3.46. The van der Waals surface area contributed by atoms with Crippen molar-refractivity contribution < 1.29 is 23.9 Å². The topological polar surface area (TPSA) is 116 Å². The van der Waals surface area contributed by atoms with Crippen LogP contribution >= 0.6 is 0 Å². The molecule has 1 amide bonds. The van der Waals surface area contributed by atoms with E-state index in [9.17, 15) is 19.2 Å². The highest BCUT2D eigenvalue weighted by Gasteiger charge is 2.33. The van der Waals surface area contributed by atoms with Gasteiger partial charge in [-0.25, -0.2) is 4.79 Å². The van der Waals surface area contributed by atoms with Crippen LogP contribution in [0.1, 0.15) is 53.3 Å². The number of nitrogen functional groups attached to an aromatic ring is 1. The number of amides is 1. The summed E-state index contributed by atoms with van der Waals surface area (Å²) in [6.45, 7) is 3.22. The molecule has 0 spiro atoms. The first-order valence-corrected chi connectivity index (χ1v) is 9.93. The van der Waals surface area contributed by atoms with E-state index in [1.807, 2.05) is 32.0 Å². The molecule has 1 aliphatic carbocycles. The van der Waals surface area contributed by atoms with Crippen LogP contribution in [0.25, 0.3) is 0 Å². The van der Waals surface area contributed by atoms with Crippen LogP contribution in [0.5, 0.6) is 0 Å². The highest BCUT2D eigenvalue weighted by atomic mass is 16.5. The van der Waals surface area contributed by atoms with Crippen molar-refractivity contribution in [3.8, 4) is 0 Å². The van der Waals surface area contributed by atoms with E-state index in [0.717, 1.165) is 11.1 Å². The predicted molar refractivity (Wildman–Crippen MR) is 119 cm³/mol. The summed E-state index contributed by atoms with van der Waals surface area (Å²) in [5.74, 6) is -2.14. The van der Waals surface area contributed by atoms with E-state index in [1.54, 1.807) is 24.3 Å². The number of esters is 1. The van der Waals surface area contributed by atoms with Gasteiger partial charge in [-0.1, -0.05) is 36.4 Å². The summed E-state index contributed by atoms with van der Waals surface area (Å²) in [4.78, 5) is 50.5. The van der Waals surface area contributed by atoms with Crippen LogP contribution in [0, 0.1) is 13.8 Å². The standard InChI is InChI=1S/C25H20N2O5/c1-13-7-8-14(2)19(11-13)27-20(28)12-32-25(31)18-10-9-17-21(22(18)26)24(30)16-6-4-3-5-15(16)23(17)29/h3-11H,12,26H2,1-2H3,(H,27,28). The highest BCUT2D eigenvalue weighted by molar-refractivity contribution is 6.30. The van der Waals surface area contributed by atoms with Crippen molar-refractivity contribution >= 4 is 34.8 Å². The maximum Gasteiger partial charge on any atom is 0.340 e. The minimum Gasteiger partial charge on any atom is -0.452 e. The van der Waals surface area contributed by atoms with Crippen molar-refractivity contribution in [2.24, 2.45) is 0 Å². The summed E-state index contributed by atoms with van der Waals surface area (Å²) < 4.78 is 5.11. The van der Waals surface area contributed by atoms with Gasteiger partial charge in [0.2, 0.25) is 0 Å². The Kier molecular flexibility index (Phi) is 5.32. The molecule has 0 heterocycles. The highest BCUT2D eigenvalue weighted by Crippen LogP contribution is 2.32. The number of nitrogens with two attached hydrogens (primary N) is 1. The molecule has 0 radical (unpaired) electrons. The second-order valence-electron chi connectivity index (χ2n) is 7.60. The van der Waals surface area contributed by atoms with Gasteiger partial charge < -0.3 is 15.8 Å². The molecule has 0 bridgehead atoms.